The quantitative estimate of drug-likeness (QED) is 0.813. The highest BCUT2D eigenvalue weighted by Crippen LogP contribution is 2.22. The number of nitrogens with one attached hydrogen (secondary N) is 2. The number of halogens is 1. The Labute approximate surface area is 133 Å². The third kappa shape index (κ3) is 3.87. The summed E-state index contributed by atoms with van der Waals surface area (Å²) in [5.74, 6) is -0.433. The molecule has 1 aromatic carbocycles. The molecule has 3 rings (SSSR count). The van der Waals surface area contributed by atoms with Gasteiger partial charge in [0.25, 0.3) is 0 Å². The van der Waals surface area contributed by atoms with Gasteiger partial charge in [0.05, 0.1) is 17.5 Å². The number of hydrogen-bond acceptors (Lipinski definition) is 3. The van der Waals surface area contributed by atoms with Crippen LogP contribution in [-0.4, -0.2) is 33.1 Å². The molecule has 1 aliphatic rings. The lowest BCUT2D eigenvalue weighted by Gasteiger charge is -2.26. The van der Waals surface area contributed by atoms with Gasteiger partial charge < -0.3 is 15.7 Å². The van der Waals surface area contributed by atoms with Crippen molar-refractivity contribution in [3.05, 3.63) is 42.5 Å². The third-order valence-corrected chi connectivity index (χ3v) is 3.99. The first-order chi connectivity index (χ1) is 11.1. The van der Waals surface area contributed by atoms with E-state index in [1.165, 1.54) is 12.1 Å². The van der Waals surface area contributed by atoms with Gasteiger partial charge in [-0.3, -0.25) is 0 Å². The molecule has 0 atom stereocenters. The van der Waals surface area contributed by atoms with E-state index in [-0.39, 0.29) is 18.2 Å². The van der Waals surface area contributed by atoms with E-state index in [0.717, 1.165) is 12.8 Å². The Bertz CT molecular complexity index is 667. The molecule has 0 unspecified atom stereocenters. The topological polar surface area (TPSA) is 79.2 Å². The van der Waals surface area contributed by atoms with Crippen molar-refractivity contribution >= 4 is 11.7 Å². The maximum absolute atomic E-state index is 13.5. The molecular formula is C16H19FN4O2. The fourth-order valence-corrected chi connectivity index (χ4v) is 2.78. The number of amides is 2. The summed E-state index contributed by atoms with van der Waals surface area (Å²) in [6.07, 6.45) is 5.91. The van der Waals surface area contributed by atoms with Crippen LogP contribution in [0.4, 0.5) is 14.9 Å². The van der Waals surface area contributed by atoms with Gasteiger partial charge in [-0.15, -0.1) is 0 Å². The van der Waals surface area contributed by atoms with E-state index in [9.17, 15) is 14.3 Å². The predicted molar refractivity (Wildman–Crippen MR) is 83.9 cm³/mol. The van der Waals surface area contributed by atoms with E-state index >= 15 is 0 Å². The second-order valence-corrected chi connectivity index (χ2v) is 5.72. The van der Waals surface area contributed by atoms with Crippen molar-refractivity contribution in [2.75, 3.05) is 5.32 Å². The molecule has 7 heteroatoms. The first kappa shape index (κ1) is 15.5. The standard InChI is InChI=1S/C16H19FN4O2/c17-11-2-7-15(21-9-1-8-18-21)14(10-11)20-16(23)19-12-3-5-13(22)6-4-12/h1-2,7-10,12-13,22H,3-6H2,(H2,19,20,23). The van der Waals surface area contributed by atoms with E-state index in [0.29, 0.717) is 24.2 Å². The molecule has 1 aliphatic carbocycles. The van der Waals surface area contributed by atoms with Gasteiger partial charge >= 0.3 is 6.03 Å². The molecule has 0 saturated heterocycles. The largest absolute Gasteiger partial charge is 0.393 e. The van der Waals surface area contributed by atoms with Crippen LogP contribution in [0.2, 0.25) is 0 Å². The Morgan fingerprint density at radius 1 is 1.30 bits per heavy atom. The van der Waals surface area contributed by atoms with Crippen LogP contribution in [-0.2, 0) is 0 Å². The summed E-state index contributed by atoms with van der Waals surface area (Å²) in [6, 6.07) is 5.55. The second kappa shape index (κ2) is 6.78. The van der Waals surface area contributed by atoms with Gasteiger partial charge in [-0.2, -0.15) is 5.10 Å². The smallest absolute Gasteiger partial charge is 0.319 e. The monoisotopic (exact) mass is 318 g/mol. The number of aromatic nitrogens is 2. The number of benzene rings is 1. The van der Waals surface area contributed by atoms with Crippen molar-refractivity contribution in [3.63, 3.8) is 0 Å². The molecule has 3 N–H and O–H groups in total. The number of carbonyl (C=O) groups excluding carboxylic acids is 1. The molecule has 0 spiro atoms. The summed E-state index contributed by atoms with van der Waals surface area (Å²) in [6.45, 7) is 0. The molecule has 1 fully saturated rings. The molecule has 0 bridgehead atoms. The minimum atomic E-state index is -0.433. The summed E-state index contributed by atoms with van der Waals surface area (Å²) >= 11 is 0. The van der Waals surface area contributed by atoms with Crippen LogP contribution in [0.15, 0.2) is 36.7 Å². The Morgan fingerprint density at radius 2 is 2.09 bits per heavy atom. The van der Waals surface area contributed by atoms with E-state index in [4.69, 9.17) is 0 Å². The zero-order valence-electron chi connectivity index (χ0n) is 12.6. The Hall–Kier alpha value is -2.41. The van der Waals surface area contributed by atoms with Crippen LogP contribution in [0.3, 0.4) is 0 Å². The van der Waals surface area contributed by atoms with Crippen LogP contribution in [0.5, 0.6) is 0 Å². The van der Waals surface area contributed by atoms with Gasteiger partial charge in [0.2, 0.25) is 0 Å². The Balaban J connectivity index is 1.69. The highest BCUT2D eigenvalue weighted by atomic mass is 19.1. The van der Waals surface area contributed by atoms with Crippen molar-refractivity contribution in [1.82, 2.24) is 15.1 Å². The average molecular weight is 318 g/mol. The molecule has 1 heterocycles. The van der Waals surface area contributed by atoms with E-state index in [1.807, 2.05) is 0 Å². The Kier molecular flexibility index (Phi) is 4.57. The third-order valence-electron chi connectivity index (χ3n) is 3.99. The lowest BCUT2D eigenvalue weighted by molar-refractivity contribution is 0.118. The number of carbonyl (C=O) groups is 1. The first-order valence-corrected chi connectivity index (χ1v) is 7.67. The van der Waals surface area contributed by atoms with Crippen molar-refractivity contribution in [2.45, 2.75) is 37.8 Å². The maximum atomic E-state index is 13.5. The SMILES string of the molecule is O=C(Nc1cc(F)ccc1-n1cccn1)NC1CCC(O)CC1. The van der Waals surface area contributed by atoms with Gasteiger partial charge in [-0.25, -0.2) is 13.9 Å². The van der Waals surface area contributed by atoms with Gasteiger partial charge in [0.15, 0.2) is 0 Å². The van der Waals surface area contributed by atoms with Gasteiger partial charge in [0, 0.05) is 18.4 Å². The molecule has 0 radical (unpaired) electrons. The summed E-state index contributed by atoms with van der Waals surface area (Å²) in [7, 11) is 0. The van der Waals surface area contributed by atoms with E-state index in [2.05, 4.69) is 15.7 Å². The number of aliphatic hydroxyl groups excluding tert-OH is 1. The normalized spacial score (nSPS) is 21.0. The lowest BCUT2D eigenvalue weighted by atomic mass is 9.93. The summed E-state index contributed by atoms with van der Waals surface area (Å²) in [4.78, 5) is 12.2. The molecule has 6 nitrogen and oxygen atoms in total. The first-order valence-electron chi connectivity index (χ1n) is 7.67. The van der Waals surface area contributed by atoms with Gasteiger partial charge in [0.1, 0.15) is 5.82 Å². The zero-order valence-corrected chi connectivity index (χ0v) is 12.6. The molecule has 2 aromatic rings. The van der Waals surface area contributed by atoms with Crippen molar-refractivity contribution < 1.29 is 14.3 Å². The summed E-state index contributed by atoms with van der Waals surface area (Å²) in [5, 5.41) is 19.1. The van der Waals surface area contributed by atoms with Gasteiger partial charge in [-0.1, -0.05) is 0 Å². The molecular weight excluding hydrogens is 299 g/mol. The molecule has 1 saturated carbocycles. The fourth-order valence-electron chi connectivity index (χ4n) is 2.78. The number of nitrogens with zero attached hydrogens (tertiary/aromatic N) is 2. The second-order valence-electron chi connectivity index (χ2n) is 5.72. The van der Waals surface area contributed by atoms with Crippen LogP contribution < -0.4 is 10.6 Å². The van der Waals surface area contributed by atoms with Crippen molar-refractivity contribution in [3.8, 4) is 5.69 Å². The maximum Gasteiger partial charge on any atom is 0.319 e. The van der Waals surface area contributed by atoms with Crippen LogP contribution in [0.1, 0.15) is 25.7 Å². The van der Waals surface area contributed by atoms with Crippen LogP contribution in [0.25, 0.3) is 5.69 Å². The highest BCUT2D eigenvalue weighted by Gasteiger charge is 2.21. The number of aliphatic hydroxyl groups is 1. The van der Waals surface area contributed by atoms with E-state index < -0.39 is 5.82 Å². The number of hydrogen-bond donors (Lipinski definition) is 3. The summed E-state index contributed by atoms with van der Waals surface area (Å²) in [5.41, 5.74) is 0.938. The number of rotatable bonds is 3. The van der Waals surface area contributed by atoms with Crippen molar-refractivity contribution in [2.24, 2.45) is 0 Å². The number of urea groups is 1. The molecule has 2 amide bonds. The molecule has 1 aromatic heterocycles. The highest BCUT2D eigenvalue weighted by molar-refractivity contribution is 5.91. The van der Waals surface area contributed by atoms with Gasteiger partial charge in [-0.05, 0) is 49.9 Å². The zero-order chi connectivity index (χ0) is 16.2. The minimum Gasteiger partial charge on any atom is -0.393 e. The fraction of sp³-hybridized carbons (Fsp3) is 0.375. The Morgan fingerprint density at radius 3 is 2.78 bits per heavy atom. The molecule has 0 aliphatic heterocycles. The number of anilines is 1. The van der Waals surface area contributed by atoms with E-state index in [1.54, 1.807) is 29.2 Å². The minimum absolute atomic E-state index is 0.0279. The molecule has 122 valence electrons. The predicted octanol–water partition coefficient (Wildman–Crippen LogP) is 2.44. The van der Waals surface area contributed by atoms with Crippen LogP contribution in [0, 0.1) is 5.82 Å². The molecule has 23 heavy (non-hydrogen) atoms. The summed E-state index contributed by atoms with van der Waals surface area (Å²) < 4.78 is 15.1. The lowest BCUT2D eigenvalue weighted by Crippen LogP contribution is -2.41. The van der Waals surface area contributed by atoms with Crippen LogP contribution >= 0.6 is 0 Å². The average Bonchev–Trinajstić information content (AvgIpc) is 3.04. The van der Waals surface area contributed by atoms with Crippen molar-refractivity contribution in [1.29, 1.82) is 0 Å².